The van der Waals surface area contributed by atoms with Gasteiger partial charge in [-0.25, -0.2) is 0 Å². The molecule has 0 fully saturated rings. The van der Waals surface area contributed by atoms with Crippen molar-refractivity contribution in [3.05, 3.63) is 30.7 Å². The predicted molar refractivity (Wildman–Crippen MR) is 68.8 cm³/mol. The third-order valence-corrected chi connectivity index (χ3v) is 4.41. The second-order valence-corrected chi connectivity index (χ2v) is 5.86. The lowest BCUT2D eigenvalue weighted by atomic mass is 10.1. The molecule has 0 saturated carbocycles. The minimum Gasteiger partial charge on any atom is -0.0841 e. The number of rotatable bonds is 1. The molecular formula is C8H4BrCl5. The second kappa shape index (κ2) is 4.99. The first-order valence-electron chi connectivity index (χ1n) is 3.53. The second-order valence-electron chi connectivity index (χ2n) is 2.60. The summed E-state index contributed by atoms with van der Waals surface area (Å²) in [4.78, 5) is -0.0465. The fourth-order valence-corrected chi connectivity index (χ4v) is 3.17. The van der Waals surface area contributed by atoms with Crippen LogP contribution in [0.1, 0.15) is 17.3 Å². The summed E-state index contributed by atoms with van der Waals surface area (Å²) in [6.45, 7) is 1.87. The maximum Gasteiger partial charge on any atom is 0.0809 e. The first-order chi connectivity index (χ1) is 6.37. The van der Waals surface area contributed by atoms with Crippen LogP contribution in [0, 0.1) is 0 Å². The number of benzene rings is 1. The monoisotopic (exact) mass is 354 g/mol. The molecule has 0 amide bonds. The van der Waals surface area contributed by atoms with Gasteiger partial charge in [0.2, 0.25) is 0 Å². The van der Waals surface area contributed by atoms with Crippen LogP contribution < -0.4 is 0 Å². The van der Waals surface area contributed by atoms with E-state index < -0.39 is 0 Å². The Bertz CT molecular complexity index is 345. The molecule has 0 N–H and O–H groups in total. The van der Waals surface area contributed by atoms with Gasteiger partial charge < -0.3 is 0 Å². The Morgan fingerprint density at radius 2 is 1.07 bits per heavy atom. The lowest BCUT2D eigenvalue weighted by molar-refractivity contribution is 1.12. The minimum atomic E-state index is -0.0465. The molecule has 0 bridgehead atoms. The van der Waals surface area contributed by atoms with Crippen LogP contribution in [0.5, 0.6) is 0 Å². The van der Waals surface area contributed by atoms with E-state index in [1.54, 1.807) is 0 Å². The van der Waals surface area contributed by atoms with Crippen molar-refractivity contribution in [2.45, 2.75) is 11.8 Å². The SMILES string of the molecule is C[C@H](Br)c1c(Cl)c(Cl)c(Cl)c(Cl)c1Cl. The lowest BCUT2D eigenvalue weighted by Gasteiger charge is -2.13. The predicted octanol–water partition coefficient (Wildman–Crippen LogP) is 6.41. The molecule has 0 saturated heterocycles. The summed E-state index contributed by atoms with van der Waals surface area (Å²) in [6, 6.07) is 0. The van der Waals surface area contributed by atoms with Crippen LogP contribution in [0.4, 0.5) is 0 Å². The van der Waals surface area contributed by atoms with Gasteiger partial charge in [0.15, 0.2) is 0 Å². The van der Waals surface area contributed by atoms with Gasteiger partial charge in [-0.2, -0.15) is 0 Å². The zero-order valence-corrected chi connectivity index (χ0v) is 12.2. The van der Waals surface area contributed by atoms with Crippen LogP contribution in [0.2, 0.25) is 25.1 Å². The normalized spacial score (nSPS) is 13.1. The summed E-state index contributed by atoms with van der Waals surface area (Å²) >= 11 is 32.9. The number of alkyl halides is 1. The van der Waals surface area contributed by atoms with Gasteiger partial charge in [-0.15, -0.1) is 0 Å². The minimum absolute atomic E-state index is 0.0465. The van der Waals surface area contributed by atoms with Gasteiger partial charge in [0, 0.05) is 10.4 Å². The molecule has 0 radical (unpaired) electrons. The van der Waals surface area contributed by atoms with Crippen molar-refractivity contribution in [2.24, 2.45) is 0 Å². The molecule has 6 heteroatoms. The molecule has 1 aromatic carbocycles. The summed E-state index contributed by atoms with van der Waals surface area (Å²) in [6.07, 6.45) is 0. The van der Waals surface area contributed by atoms with Crippen molar-refractivity contribution in [3.63, 3.8) is 0 Å². The molecular weight excluding hydrogens is 353 g/mol. The van der Waals surface area contributed by atoms with E-state index in [0.717, 1.165) is 0 Å². The van der Waals surface area contributed by atoms with E-state index in [1.807, 2.05) is 6.92 Å². The van der Waals surface area contributed by atoms with Gasteiger partial charge in [0.05, 0.1) is 25.1 Å². The van der Waals surface area contributed by atoms with Gasteiger partial charge >= 0.3 is 0 Å². The fraction of sp³-hybridized carbons (Fsp3) is 0.250. The molecule has 0 aromatic heterocycles. The van der Waals surface area contributed by atoms with E-state index in [1.165, 1.54) is 0 Å². The summed E-state index contributed by atoms with van der Waals surface area (Å²) in [7, 11) is 0. The highest BCUT2D eigenvalue weighted by Gasteiger charge is 2.21. The smallest absolute Gasteiger partial charge is 0.0809 e. The van der Waals surface area contributed by atoms with Crippen LogP contribution >= 0.6 is 73.9 Å². The molecule has 0 unspecified atom stereocenters. The molecule has 1 atom stereocenters. The Morgan fingerprint density at radius 1 is 0.786 bits per heavy atom. The number of hydrogen-bond donors (Lipinski definition) is 0. The van der Waals surface area contributed by atoms with E-state index in [4.69, 9.17) is 58.0 Å². The maximum absolute atomic E-state index is 5.98. The van der Waals surface area contributed by atoms with E-state index in [9.17, 15) is 0 Å². The highest BCUT2D eigenvalue weighted by Crippen LogP contribution is 2.47. The van der Waals surface area contributed by atoms with Crippen LogP contribution in [-0.4, -0.2) is 0 Å². The first-order valence-corrected chi connectivity index (χ1v) is 6.33. The Balaban J connectivity index is 3.60. The molecule has 0 aliphatic heterocycles. The summed E-state index contributed by atoms with van der Waals surface area (Å²) in [5.41, 5.74) is 0.646. The molecule has 1 aromatic rings. The topological polar surface area (TPSA) is 0 Å². The van der Waals surface area contributed by atoms with Crippen molar-refractivity contribution >= 4 is 73.9 Å². The first kappa shape index (κ1) is 13.2. The average molecular weight is 357 g/mol. The Hall–Kier alpha value is 1.15. The van der Waals surface area contributed by atoms with E-state index in [0.29, 0.717) is 15.6 Å². The lowest BCUT2D eigenvalue weighted by Crippen LogP contribution is -1.91. The molecule has 0 nitrogen and oxygen atoms in total. The van der Waals surface area contributed by atoms with Crippen molar-refractivity contribution in [1.29, 1.82) is 0 Å². The van der Waals surface area contributed by atoms with Crippen molar-refractivity contribution in [2.75, 3.05) is 0 Å². The van der Waals surface area contributed by atoms with Crippen molar-refractivity contribution in [1.82, 2.24) is 0 Å². The Kier molecular flexibility index (Phi) is 4.71. The highest BCUT2D eigenvalue weighted by atomic mass is 79.9. The zero-order valence-electron chi connectivity index (χ0n) is 6.85. The Labute approximate surface area is 116 Å². The van der Waals surface area contributed by atoms with E-state index in [2.05, 4.69) is 15.9 Å². The third-order valence-electron chi connectivity index (χ3n) is 1.64. The molecule has 1 rings (SSSR count). The van der Waals surface area contributed by atoms with Gasteiger partial charge in [-0.3, -0.25) is 0 Å². The van der Waals surface area contributed by atoms with Crippen molar-refractivity contribution in [3.8, 4) is 0 Å². The van der Waals surface area contributed by atoms with Gasteiger partial charge in [-0.05, 0) is 6.92 Å². The molecule has 78 valence electrons. The highest BCUT2D eigenvalue weighted by molar-refractivity contribution is 9.09. The largest absolute Gasteiger partial charge is 0.0841 e. The number of halogens is 6. The average Bonchev–Trinajstić information content (AvgIpc) is 2.11. The standard InChI is InChI=1S/C8H4BrCl5/c1-2(9)3-4(10)6(12)8(14)7(13)5(3)11/h2H,1H3/t2-/m0/s1. The summed E-state index contributed by atoms with van der Waals surface area (Å²) in [5.74, 6) is 0. The van der Waals surface area contributed by atoms with Gasteiger partial charge in [0.25, 0.3) is 0 Å². The van der Waals surface area contributed by atoms with Gasteiger partial charge in [0.1, 0.15) is 0 Å². The molecule has 0 spiro atoms. The molecule has 0 aliphatic carbocycles. The van der Waals surface area contributed by atoms with Crippen LogP contribution in [0.25, 0.3) is 0 Å². The van der Waals surface area contributed by atoms with Crippen LogP contribution in [0.15, 0.2) is 0 Å². The van der Waals surface area contributed by atoms with Crippen LogP contribution in [0.3, 0.4) is 0 Å². The maximum atomic E-state index is 5.98. The number of hydrogen-bond acceptors (Lipinski definition) is 0. The summed E-state index contributed by atoms with van der Waals surface area (Å²) < 4.78 is 0. The molecule has 0 heterocycles. The van der Waals surface area contributed by atoms with Crippen molar-refractivity contribution < 1.29 is 0 Å². The zero-order chi connectivity index (χ0) is 11.0. The van der Waals surface area contributed by atoms with E-state index in [-0.39, 0.29) is 19.9 Å². The third kappa shape index (κ3) is 2.28. The molecule has 0 aliphatic rings. The van der Waals surface area contributed by atoms with E-state index >= 15 is 0 Å². The quantitative estimate of drug-likeness (QED) is 0.309. The van der Waals surface area contributed by atoms with Crippen LogP contribution in [-0.2, 0) is 0 Å². The fourth-order valence-electron chi connectivity index (χ4n) is 0.971. The Morgan fingerprint density at radius 3 is 1.36 bits per heavy atom. The molecule has 14 heavy (non-hydrogen) atoms. The summed E-state index contributed by atoms with van der Waals surface area (Å²) in [5, 5.41) is 1.29. The van der Waals surface area contributed by atoms with Gasteiger partial charge in [-0.1, -0.05) is 73.9 Å².